The number of hydrogen-bond acceptors (Lipinski definition) is 7. The van der Waals surface area contributed by atoms with Gasteiger partial charge in [0.25, 0.3) is 5.69 Å². The molecule has 0 fully saturated rings. The third kappa shape index (κ3) is 4.80. The molecule has 0 aliphatic heterocycles. The Hall–Kier alpha value is -3.52. The first kappa shape index (κ1) is 24.1. The molecule has 33 heavy (non-hydrogen) atoms. The molecule has 0 bridgehead atoms. The molecule has 0 aliphatic carbocycles. The maximum Gasteiger partial charge on any atom is 0.270 e. The molecule has 3 rings (SSSR count). The Morgan fingerprint density at radius 3 is 2.42 bits per heavy atom. The van der Waals surface area contributed by atoms with Gasteiger partial charge in [-0.15, -0.1) is 11.8 Å². The van der Waals surface area contributed by atoms with Gasteiger partial charge in [-0.2, -0.15) is 0 Å². The molecule has 2 N–H and O–H groups in total. The lowest BCUT2D eigenvalue weighted by Crippen LogP contribution is -2.02. The quantitative estimate of drug-likeness (QED) is 0.172. The Labute approximate surface area is 196 Å². The van der Waals surface area contributed by atoms with E-state index in [0.29, 0.717) is 34.6 Å². The van der Waals surface area contributed by atoms with E-state index in [4.69, 9.17) is 4.74 Å². The van der Waals surface area contributed by atoms with Crippen LogP contribution >= 0.6 is 11.8 Å². The molecular formula is C25H25NO6S. The normalized spacial score (nSPS) is 10.8. The highest BCUT2D eigenvalue weighted by Gasteiger charge is 2.23. The van der Waals surface area contributed by atoms with Gasteiger partial charge >= 0.3 is 0 Å². The topological polar surface area (TPSA) is 110 Å². The Morgan fingerprint density at radius 1 is 1.09 bits per heavy atom. The van der Waals surface area contributed by atoms with Gasteiger partial charge in [-0.25, -0.2) is 0 Å². The summed E-state index contributed by atoms with van der Waals surface area (Å²) in [5, 5.41) is 32.9. The average Bonchev–Trinajstić information content (AvgIpc) is 2.76. The molecule has 0 aromatic heterocycles. The monoisotopic (exact) mass is 467 g/mol. The number of thioether (sulfide) groups is 1. The number of carbonyl (C=O) groups is 1. The molecule has 0 amide bonds. The molecule has 8 heteroatoms. The van der Waals surface area contributed by atoms with Crippen molar-refractivity contribution in [3.63, 3.8) is 0 Å². The van der Waals surface area contributed by atoms with E-state index in [2.05, 4.69) is 0 Å². The number of hydrogen-bond donors (Lipinski definition) is 2. The van der Waals surface area contributed by atoms with Crippen molar-refractivity contribution in [2.75, 3.05) is 12.4 Å². The molecule has 7 nitrogen and oxygen atoms in total. The van der Waals surface area contributed by atoms with E-state index >= 15 is 0 Å². The molecule has 0 saturated carbocycles. The number of nitro benzene ring substituents is 1. The molecule has 0 radical (unpaired) electrons. The van der Waals surface area contributed by atoms with Crippen molar-refractivity contribution in [1.29, 1.82) is 0 Å². The summed E-state index contributed by atoms with van der Waals surface area (Å²) in [5.74, 6) is 0.354. The summed E-state index contributed by atoms with van der Waals surface area (Å²) in [5.41, 5.74) is 3.18. The van der Waals surface area contributed by atoms with Crippen LogP contribution in [0.2, 0.25) is 0 Å². The van der Waals surface area contributed by atoms with Crippen molar-refractivity contribution >= 4 is 23.2 Å². The number of ether oxygens (including phenoxy) is 1. The number of non-ortho nitro benzene ring substituents is 1. The van der Waals surface area contributed by atoms with E-state index in [0.717, 1.165) is 10.5 Å². The first-order chi connectivity index (χ1) is 15.7. The summed E-state index contributed by atoms with van der Waals surface area (Å²) in [7, 11) is 0. The molecule has 0 atom stereocenters. The van der Waals surface area contributed by atoms with E-state index in [1.165, 1.54) is 36.9 Å². The zero-order valence-corrected chi connectivity index (χ0v) is 19.7. The Morgan fingerprint density at radius 2 is 1.82 bits per heavy atom. The van der Waals surface area contributed by atoms with Crippen LogP contribution in [0.3, 0.4) is 0 Å². The van der Waals surface area contributed by atoms with Crippen LogP contribution in [0.25, 0.3) is 22.3 Å². The third-order valence-electron chi connectivity index (χ3n) is 5.19. The summed E-state index contributed by atoms with van der Waals surface area (Å²) in [6.07, 6.45) is 0. The van der Waals surface area contributed by atoms with Crippen molar-refractivity contribution in [2.24, 2.45) is 0 Å². The SMILES string of the molecule is CCOc1cc(-c2c(O)cc(-c3cccc([N+](=O)[O-])c3)c(C)c2SCC)cc(O)c1C(C)=O. The van der Waals surface area contributed by atoms with Crippen molar-refractivity contribution in [2.45, 2.75) is 32.6 Å². The Kier molecular flexibility index (Phi) is 7.28. The van der Waals surface area contributed by atoms with Gasteiger partial charge < -0.3 is 14.9 Å². The van der Waals surface area contributed by atoms with Crippen LogP contribution in [0.1, 0.15) is 36.7 Å². The molecule has 0 unspecified atom stereocenters. The van der Waals surface area contributed by atoms with Crippen molar-refractivity contribution < 1.29 is 24.7 Å². The number of phenolic OH excluding ortho intramolecular Hbond substituents is 2. The predicted octanol–water partition coefficient (Wildman–Crippen LogP) is 6.36. The maximum absolute atomic E-state index is 12.0. The molecular weight excluding hydrogens is 442 g/mol. The van der Waals surface area contributed by atoms with E-state index < -0.39 is 4.92 Å². The maximum atomic E-state index is 12.0. The molecule has 3 aromatic rings. The average molecular weight is 468 g/mol. The number of nitro groups is 1. The van der Waals surface area contributed by atoms with Crippen LogP contribution < -0.4 is 4.74 Å². The van der Waals surface area contributed by atoms with E-state index in [9.17, 15) is 25.1 Å². The number of nitrogens with zero attached hydrogens (tertiary/aromatic N) is 1. The van der Waals surface area contributed by atoms with Gasteiger partial charge in [0.15, 0.2) is 5.78 Å². The fraction of sp³-hybridized carbons (Fsp3) is 0.240. The summed E-state index contributed by atoms with van der Waals surface area (Å²) < 4.78 is 5.61. The second-order valence-corrected chi connectivity index (χ2v) is 8.64. The summed E-state index contributed by atoms with van der Waals surface area (Å²) in [6, 6.07) is 10.9. The molecule has 0 spiro atoms. The zero-order chi connectivity index (χ0) is 24.3. The minimum Gasteiger partial charge on any atom is -0.507 e. The summed E-state index contributed by atoms with van der Waals surface area (Å²) in [6.45, 7) is 7.30. The number of phenols is 2. The highest BCUT2D eigenvalue weighted by Crippen LogP contribution is 2.47. The number of rotatable bonds is 8. The predicted molar refractivity (Wildman–Crippen MR) is 130 cm³/mol. The number of ketones is 1. The van der Waals surface area contributed by atoms with Gasteiger partial charge in [0.05, 0.1) is 11.5 Å². The lowest BCUT2D eigenvalue weighted by Gasteiger charge is -2.19. The molecule has 3 aromatic carbocycles. The van der Waals surface area contributed by atoms with Crippen LogP contribution in [0.15, 0.2) is 47.4 Å². The molecule has 172 valence electrons. The molecule has 0 heterocycles. The van der Waals surface area contributed by atoms with Crippen LogP contribution in [0, 0.1) is 17.0 Å². The fourth-order valence-corrected chi connectivity index (χ4v) is 4.78. The first-order valence-corrected chi connectivity index (χ1v) is 11.4. The van der Waals surface area contributed by atoms with Gasteiger partial charge in [0.1, 0.15) is 22.8 Å². The lowest BCUT2D eigenvalue weighted by molar-refractivity contribution is -0.384. The van der Waals surface area contributed by atoms with Gasteiger partial charge in [0, 0.05) is 22.6 Å². The number of benzene rings is 3. The lowest BCUT2D eigenvalue weighted by atomic mass is 9.93. The number of Topliss-reactive ketones (excluding diaryl/α,β-unsaturated/α-hetero) is 1. The van der Waals surface area contributed by atoms with Gasteiger partial charge in [-0.3, -0.25) is 14.9 Å². The summed E-state index contributed by atoms with van der Waals surface area (Å²) in [4.78, 5) is 23.6. The third-order valence-corrected chi connectivity index (χ3v) is 6.28. The Bertz CT molecular complexity index is 1240. The van der Waals surface area contributed by atoms with Gasteiger partial charge in [0.2, 0.25) is 0 Å². The van der Waals surface area contributed by atoms with Crippen LogP contribution in [-0.2, 0) is 0 Å². The second-order valence-electron chi connectivity index (χ2n) is 7.37. The Balaban J connectivity index is 2.28. The number of aromatic hydroxyl groups is 2. The van der Waals surface area contributed by atoms with Crippen LogP contribution in [0.4, 0.5) is 5.69 Å². The fourth-order valence-electron chi connectivity index (χ4n) is 3.80. The van der Waals surface area contributed by atoms with Crippen LogP contribution in [0.5, 0.6) is 17.2 Å². The minimum atomic E-state index is -0.455. The van der Waals surface area contributed by atoms with Crippen molar-refractivity contribution in [1.82, 2.24) is 0 Å². The second kappa shape index (κ2) is 9.95. The van der Waals surface area contributed by atoms with E-state index in [-0.39, 0.29) is 34.3 Å². The van der Waals surface area contributed by atoms with Crippen LogP contribution in [-0.4, -0.2) is 33.3 Å². The molecule has 0 saturated heterocycles. The van der Waals surface area contributed by atoms with Crippen molar-refractivity contribution in [3.05, 3.63) is 63.7 Å². The largest absolute Gasteiger partial charge is 0.507 e. The van der Waals surface area contributed by atoms with Crippen molar-refractivity contribution in [3.8, 4) is 39.5 Å². The minimum absolute atomic E-state index is 0.0359. The standard InChI is InChI=1S/C25H25NO6S/c1-5-32-22-12-17(11-20(28)23(22)15(4)27)24-21(29)13-19(14(3)25(24)33-6-2)16-8-7-9-18(10-16)26(30)31/h7-13,28-29H,5-6H2,1-4H3. The number of carbonyl (C=O) groups excluding carboxylic acids is 1. The first-order valence-electron chi connectivity index (χ1n) is 10.4. The van der Waals surface area contributed by atoms with Gasteiger partial charge in [-0.05, 0) is 67.0 Å². The highest BCUT2D eigenvalue weighted by atomic mass is 32.2. The van der Waals surface area contributed by atoms with Gasteiger partial charge in [-0.1, -0.05) is 19.1 Å². The molecule has 0 aliphatic rings. The van der Waals surface area contributed by atoms with E-state index in [1.807, 2.05) is 13.8 Å². The highest BCUT2D eigenvalue weighted by molar-refractivity contribution is 7.99. The summed E-state index contributed by atoms with van der Waals surface area (Å²) >= 11 is 1.51. The van der Waals surface area contributed by atoms with E-state index in [1.54, 1.807) is 31.2 Å². The smallest absolute Gasteiger partial charge is 0.270 e. The zero-order valence-electron chi connectivity index (χ0n) is 18.8.